The van der Waals surface area contributed by atoms with E-state index in [0.29, 0.717) is 5.82 Å². The summed E-state index contributed by atoms with van der Waals surface area (Å²) in [5.41, 5.74) is 2.57. The molecule has 0 saturated heterocycles. The number of halogens is 1. The second kappa shape index (κ2) is 3.66. The number of aryl methyl sites for hydroxylation is 1. The summed E-state index contributed by atoms with van der Waals surface area (Å²) in [4.78, 5) is 0. The number of rotatable bonds is 1. The van der Waals surface area contributed by atoms with Crippen LogP contribution in [0.2, 0.25) is 0 Å². The topological polar surface area (TPSA) is 30.2 Å². The van der Waals surface area contributed by atoms with Gasteiger partial charge in [0.2, 0.25) is 0 Å². The summed E-state index contributed by atoms with van der Waals surface area (Å²) in [5.74, 6) is 0.384. The van der Waals surface area contributed by atoms with Gasteiger partial charge in [0.15, 0.2) is 11.5 Å². The van der Waals surface area contributed by atoms with E-state index in [1.165, 1.54) is 12.1 Å². The van der Waals surface area contributed by atoms with Crippen LogP contribution >= 0.6 is 0 Å². The summed E-state index contributed by atoms with van der Waals surface area (Å²) >= 11 is 0. The summed E-state index contributed by atoms with van der Waals surface area (Å²) in [7, 11) is 0. The predicted octanol–water partition coefficient (Wildman–Crippen LogP) is 2.84. The minimum absolute atomic E-state index is 0.271. The van der Waals surface area contributed by atoms with Gasteiger partial charge >= 0.3 is 0 Å². The third kappa shape index (κ3) is 1.58. The molecule has 0 amide bonds. The van der Waals surface area contributed by atoms with Crippen LogP contribution in [0, 0.1) is 12.7 Å². The summed E-state index contributed by atoms with van der Waals surface area (Å²) in [6.45, 7) is 1.97. The van der Waals surface area contributed by atoms with E-state index in [1.54, 1.807) is 6.07 Å². The minimum atomic E-state index is -0.271. The molecule has 0 aliphatic rings. The van der Waals surface area contributed by atoms with Crippen molar-refractivity contribution in [2.24, 2.45) is 0 Å². The molecule has 0 aliphatic carbocycles. The molecule has 0 aliphatic heterocycles. The first-order valence-corrected chi connectivity index (χ1v) is 5.32. The van der Waals surface area contributed by atoms with E-state index in [0.717, 1.165) is 16.8 Å². The van der Waals surface area contributed by atoms with Crippen molar-refractivity contribution in [3.8, 4) is 11.4 Å². The van der Waals surface area contributed by atoms with E-state index in [4.69, 9.17) is 0 Å². The molecule has 0 bridgehead atoms. The maximum atomic E-state index is 13.2. The largest absolute Gasteiger partial charge is 0.282 e. The summed E-state index contributed by atoms with van der Waals surface area (Å²) in [5, 5.41) is 8.23. The third-order valence-electron chi connectivity index (χ3n) is 2.71. The number of hydrogen-bond acceptors (Lipinski definition) is 2. The fourth-order valence-corrected chi connectivity index (χ4v) is 1.87. The van der Waals surface area contributed by atoms with Gasteiger partial charge in [0.25, 0.3) is 0 Å². The number of aromatic nitrogens is 3. The lowest BCUT2D eigenvalue weighted by molar-refractivity contribution is 0.628. The molecule has 2 aromatic heterocycles. The van der Waals surface area contributed by atoms with Crippen molar-refractivity contribution in [3.63, 3.8) is 0 Å². The van der Waals surface area contributed by atoms with Crippen molar-refractivity contribution in [1.82, 2.24) is 14.6 Å². The van der Waals surface area contributed by atoms with Gasteiger partial charge in [0.1, 0.15) is 5.82 Å². The summed E-state index contributed by atoms with van der Waals surface area (Å²) in [6, 6.07) is 10.3. The molecule has 0 spiro atoms. The van der Waals surface area contributed by atoms with Crippen molar-refractivity contribution in [2.45, 2.75) is 6.92 Å². The lowest BCUT2D eigenvalue weighted by Gasteiger charge is -2.01. The van der Waals surface area contributed by atoms with Gasteiger partial charge in [-0.3, -0.25) is 4.40 Å². The highest BCUT2D eigenvalue weighted by Gasteiger charge is 2.09. The predicted molar refractivity (Wildman–Crippen MR) is 63.1 cm³/mol. The van der Waals surface area contributed by atoms with E-state index in [1.807, 2.05) is 35.7 Å². The maximum absolute atomic E-state index is 13.2. The van der Waals surface area contributed by atoms with Gasteiger partial charge < -0.3 is 0 Å². The molecule has 4 heteroatoms. The fourth-order valence-electron chi connectivity index (χ4n) is 1.87. The van der Waals surface area contributed by atoms with E-state index in [2.05, 4.69) is 10.2 Å². The Morgan fingerprint density at radius 1 is 1.12 bits per heavy atom. The van der Waals surface area contributed by atoms with Gasteiger partial charge in [-0.2, -0.15) is 0 Å². The van der Waals surface area contributed by atoms with Gasteiger partial charge in [-0.05, 0) is 30.7 Å². The minimum Gasteiger partial charge on any atom is -0.282 e. The van der Waals surface area contributed by atoms with E-state index < -0.39 is 0 Å². The molecule has 84 valence electrons. The molecule has 0 saturated carbocycles. The zero-order chi connectivity index (χ0) is 11.8. The van der Waals surface area contributed by atoms with Crippen LogP contribution < -0.4 is 0 Å². The first-order chi connectivity index (χ1) is 8.25. The van der Waals surface area contributed by atoms with Gasteiger partial charge in [0, 0.05) is 11.8 Å². The van der Waals surface area contributed by atoms with Crippen molar-refractivity contribution in [3.05, 3.63) is 54.0 Å². The molecule has 0 radical (unpaired) electrons. The average Bonchev–Trinajstić information content (AvgIpc) is 2.74. The summed E-state index contributed by atoms with van der Waals surface area (Å²) in [6.07, 6.45) is 1.88. The van der Waals surface area contributed by atoms with Crippen LogP contribution in [-0.4, -0.2) is 14.6 Å². The number of nitrogens with zero attached hydrogens (tertiary/aromatic N) is 3. The number of pyridine rings is 1. The van der Waals surface area contributed by atoms with Crippen LogP contribution in [0.3, 0.4) is 0 Å². The standard InChI is InChI=1S/C13H10FN3/c1-9-4-3-7-17-12(9)15-16-13(17)10-5-2-6-11(14)8-10/h2-8H,1H3. The van der Waals surface area contributed by atoms with Gasteiger partial charge in [-0.1, -0.05) is 18.2 Å². The molecule has 3 aromatic rings. The second-order valence-electron chi connectivity index (χ2n) is 3.92. The summed E-state index contributed by atoms with van der Waals surface area (Å²) < 4.78 is 15.0. The molecule has 2 heterocycles. The Balaban J connectivity index is 2.28. The molecular weight excluding hydrogens is 217 g/mol. The highest BCUT2D eigenvalue weighted by molar-refractivity contribution is 5.61. The number of hydrogen-bond donors (Lipinski definition) is 0. The molecule has 3 rings (SSSR count). The number of benzene rings is 1. The monoisotopic (exact) mass is 227 g/mol. The third-order valence-corrected chi connectivity index (χ3v) is 2.71. The lowest BCUT2D eigenvalue weighted by Crippen LogP contribution is -1.90. The Hall–Kier alpha value is -2.23. The average molecular weight is 227 g/mol. The van der Waals surface area contributed by atoms with Crippen LogP contribution in [-0.2, 0) is 0 Å². The zero-order valence-electron chi connectivity index (χ0n) is 9.26. The molecule has 1 aromatic carbocycles. The molecule has 0 fully saturated rings. The Bertz CT molecular complexity index is 688. The molecule has 0 N–H and O–H groups in total. The van der Waals surface area contributed by atoms with Crippen LogP contribution in [0.25, 0.3) is 17.0 Å². The fraction of sp³-hybridized carbons (Fsp3) is 0.0769. The Kier molecular flexibility index (Phi) is 2.14. The first kappa shape index (κ1) is 9.96. The smallest absolute Gasteiger partial charge is 0.168 e. The highest BCUT2D eigenvalue weighted by Crippen LogP contribution is 2.20. The second-order valence-corrected chi connectivity index (χ2v) is 3.92. The maximum Gasteiger partial charge on any atom is 0.168 e. The van der Waals surface area contributed by atoms with Crippen LogP contribution in [0.4, 0.5) is 4.39 Å². The van der Waals surface area contributed by atoms with E-state index in [-0.39, 0.29) is 5.82 Å². The molecule has 0 unspecified atom stereocenters. The van der Waals surface area contributed by atoms with Gasteiger partial charge in [0.05, 0.1) is 0 Å². The van der Waals surface area contributed by atoms with Crippen molar-refractivity contribution < 1.29 is 4.39 Å². The quantitative estimate of drug-likeness (QED) is 0.640. The van der Waals surface area contributed by atoms with Crippen molar-refractivity contribution in [2.75, 3.05) is 0 Å². The Morgan fingerprint density at radius 2 is 2.00 bits per heavy atom. The normalized spacial score (nSPS) is 10.9. The Labute approximate surface area is 97.5 Å². The van der Waals surface area contributed by atoms with E-state index in [9.17, 15) is 4.39 Å². The highest BCUT2D eigenvalue weighted by atomic mass is 19.1. The lowest BCUT2D eigenvalue weighted by atomic mass is 10.2. The first-order valence-electron chi connectivity index (χ1n) is 5.32. The molecular formula is C13H10FN3. The molecule has 3 nitrogen and oxygen atoms in total. The number of fused-ring (bicyclic) bond motifs is 1. The van der Waals surface area contributed by atoms with Crippen molar-refractivity contribution in [1.29, 1.82) is 0 Å². The SMILES string of the molecule is Cc1cccn2c(-c3cccc(F)c3)nnc12. The van der Waals surface area contributed by atoms with E-state index >= 15 is 0 Å². The zero-order valence-corrected chi connectivity index (χ0v) is 9.26. The Morgan fingerprint density at radius 3 is 2.82 bits per heavy atom. The van der Waals surface area contributed by atoms with Gasteiger partial charge in [-0.15, -0.1) is 10.2 Å². The van der Waals surface area contributed by atoms with Gasteiger partial charge in [-0.25, -0.2) is 4.39 Å². The molecule has 0 atom stereocenters. The van der Waals surface area contributed by atoms with Crippen LogP contribution in [0.1, 0.15) is 5.56 Å². The van der Waals surface area contributed by atoms with Crippen molar-refractivity contribution >= 4 is 5.65 Å². The van der Waals surface area contributed by atoms with Crippen LogP contribution in [0.5, 0.6) is 0 Å². The molecule has 17 heavy (non-hydrogen) atoms. The van der Waals surface area contributed by atoms with Crippen LogP contribution in [0.15, 0.2) is 42.6 Å².